The van der Waals surface area contributed by atoms with Crippen molar-refractivity contribution in [2.45, 2.75) is 43.9 Å². The van der Waals surface area contributed by atoms with E-state index >= 15 is 0 Å². The summed E-state index contributed by atoms with van der Waals surface area (Å²) >= 11 is 0. The third-order valence-corrected chi connectivity index (χ3v) is 4.89. The first-order valence-electron chi connectivity index (χ1n) is 8.37. The van der Waals surface area contributed by atoms with Crippen molar-refractivity contribution < 1.29 is 14.3 Å². The minimum absolute atomic E-state index is 0.00247. The van der Waals surface area contributed by atoms with Gasteiger partial charge in [0, 0.05) is 31.5 Å². The van der Waals surface area contributed by atoms with Crippen molar-refractivity contribution in [2.75, 3.05) is 19.7 Å². The molecule has 1 aromatic rings. The molecule has 2 unspecified atom stereocenters. The Morgan fingerprint density at radius 1 is 1.26 bits per heavy atom. The number of ether oxygens (including phenoxy) is 1. The van der Waals surface area contributed by atoms with Gasteiger partial charge in [-0.2, -0.15) is 0 Å². The molecule has 3 fully saturated rings. The Morgan fingerprint density at radius 3 is 2.70 bits per heavy atom. The number of nitrogens with zero attached hydrogens (tertiary/aromatic N) is 3. The Hall–Kier alpha value is -1.95. The largest absolute Gasteiger partial charge is 0.356 e. The van der Waals surface area contributed by atoms with Crippen molar-refractivity contribution in [1.29, 1.82) is 0 Å². The van der Waals surface area contributed by atoms with Gasteiger partial charge in [0.05, 0.1) is 6.04 Å². The molecule has 23 heavy (non-hydrogen) atoms. The van der Waals surface area contributed by atoms with E-state index in [-0.39, 0.29) is 30.5 Å². The first-order valence-corrected chi connectivity index (χ1v) is 8.37. The van der Waals surface area contributed by atoms with Crippen LogP contribution in [0.5, 0.6) is 0 Å². The van der Waals surface area contributed by atoms with E-state index in [0.717, 1.165) is 44.3 Å². The van der Waals surface area contributed by atoms with Crippen LogP contribution < -0.4 is 0 Å². The van der Waals surface area contributed by atoms with Gasteiger partial charge in [-0.05, 0) is 37.3 Å². The van der Waals surface area contributed by atoms with E-state index in [0.29, 0.717) is 0 Å². The van der Waals surface area contributed by atoms with Gasteiger partial charge in [-0.3, -0.25) is 14.6 Å². The number of rotatable bonds is 3. The molecular formula is C17H21N3O3. The van der Waals surface area contributed by atoms with Gasteiger partial charge in [0.2, 0.25) is 5.91 Å². The monoisotopic (exact) mass is 315 g/mol. The highest BCUT2D eigenvalue weighted by Crippen LogP contribution is 2.39. The van der Waals surface area contributed by atoms with Crippen molar-refractivity contribution in [3.05, 3.63) is 30.1 Å². The number of aromatic nitrogens is 1. The number of carbonyl (C=O) groups is 2. The average molecular weight is 315 g/mol. The predicted octanol–water partition coefficient (Wildman–Crippen LogP) is 1.13. The Labute approximate surface area is 135 Å². The maximum absolute atomic E-state index is 12.9. The fourth-order valence-corrected chi connectivity index (χ4v) is 3.62. The lowest BCUT2D eigenvalue weighted by atomic mass is 9.98. The normalized spacial score (nSPS) is 28.3. The highest BCUT2D eigenvalue weighted by Gasteiger charge is 2.48. The van der Waals surface area contributed by atoms with E-state index < -0.39 is 6.10 Å². The first kappa shape index (κ1) is 14.6. The number of pyridine rings is 1. The smallest absolute Gasteiger partial charge is 0.254 e. The van der Waals surface area contributed by atoms with Crippen molar-refractivity contribution >= 4 is 11.8 Å². The summed E-state index contributed by atoms with van der Waals surface area (Å²) in [6.45, 7) is 1.57. The summed E-state index contributed by atoms with van der Waals surface area (Å²) in [5, 5.41) is 0. The minimum Gasteiger partial charge on any atom is -0.356 e. The van der Waals surface area contributed by atoms with Crippen LogP contribution >= 0.6 is 0 Å². The second-order valence-corrected chi connectivity index (χ2v) is 6.53. The lowest BCUT2D eigenvalue weighted by molar-refractivity contribution is -0.169. The number of amides is 2. The van der Waals surface area contributed by atoms with E-state index in [1.54, 1.807) is 12.4 Å². The molecule has 0 radical (unpaired) electrons. The molecule has 1 aromatic heterocycles. The third kappa shape index (κ3) is 2.72. The summed E-state index contributed by atoms with van der Waals surface area (Å²) in [6.07, 6.45) is 6.93. The predicted molar refractivity (Wildman–Crippen MR) is 82.4 cm³/mol. The summed E-state index contributed by atoms with van der Waals surface area (Å²) in [7, 11) is 0. The fourth-order valence-electron chi connectivity index (χ4n) is 3.62. The standard InChI is InChI=1S/C17H21N3O3/c21-14-11-23-16(17(22)19-8-1-2-9-19)15(20(14)13-5-6-13)12-4-3-7-18-10-12/h3-4,7,10,13,15-16H,1-2,5-6,8-9,11H2. The summed E-state index contributed by atoms with van der Waals surface area (Å²) in [5.41, 5.74) is 0.880. The lowest BCUT2D eigenvalue weighted by Gasteiger charge is -2.41. The maximum Gasteiger partial charge on any atom is 0.254 e. The van der Waals surface area contributed by atoms with Gasteiger partial charge in [0.1, 0.15) is 6.61 Å². The van der Waals surface area contributed by atoms with Crippen molar-refractivity contribution in [1.82, 2.24) is 14.8 Å². The zero-order chi connectivity index (χ0) is 15.8. The van der Waals surface area contributed by atoms with Crippen LogP contribution in [0.3, 0.4) is 0 Å². The van der Waals surface area contributed by atoms with Crippen molar-refractivity contribution in [2.24, 2.45) is 0 Å². The van der Waals surface area contributed by atoms with Crippen LogP contribution in [-0.4, -0.2) is 58.4 Å². The van der Waals surface area contributed by atoms with Crippen LogP contribution in [0.4, 0.5) is 0 Å². The molecule has 1 saturated carbocycles. The summed E-state index contributed by atoms with van der Waals surface area (Å²) < 4.78 is 5.73. The molecule has 0 aromatic carbocycles. The van der Waals surface area contributed by atoms with E-state index in [2.05, 4.69) is 4.98 Å². The van der Waals surface area contributed by atoms with Crippen LogP contribution in [-0.2, 0) is 14.3 Å². The quantitative estimate of drug-likeness (QED) is 0.839. The van der Waals surface area contributed by atoms with Gasteiger partial charge < -0.3 is 14.5 Å². The summed E-state index contributed by atoms with van der Waals surface area (Å²) in [5.74, 6) is -0.0127. The highest BCUT2D eigenvalue weighted by molar-refractivity contribution is 5.87. The van der Waals surface area contributed by atoms with Gasteiger partial charge >= 0.3 is 0 Å². The van der Waals surface area contributed by atoms with E-state index in [4.69, 9.17) is 4.74 Å². The summed E-state index contributed by atoms with van der Waals surface area (Å²) in [4.78, 5) is 33.2. The maximum atomic E-state index is 12.9. The Morgan fingerprint density at radius 2 is 2.04 bits per heavy atom. The number of carbonyl (C=O) groups excluding carboxylic acids is 2. The number of hydrogen-bond donors (Lipinski definition) is 0. The second-order valence-electron chi connectivity index (χ2n) is 6.53. The van der Waals surface area contributed by atoms with Gasteiger partial charge in [-0.15, -0.1) is 0 Å². The molecule has 2 atom stereocenters. The van der Waals surface area contributed by atoms with Crippen LogP contribution in [0.1, 0.15) is 37.3 Å². The fraction of sp³-hybridized carbons (Fsp3) is 0.588. The van der Waals surface area contributed by atoms with Gasteiger partial charge in [-0.1, -0.05) is 6.07 Å². The van der Waals surface area contributed by atoms with E-state index in [1.165, 1.54) is 0 Å². The van der Waals surface area contributed by atoms with Crippen LogP contribution in [0, 0.1) is 0 Å². The topological polar surface area (TPSA) is 62.7 Å². The molecule has 122 valence electrons. The number of likely N-dealkylation sites (tertiary alicyclic amines) is 1. The molecule has 0 N–H and O–H groups in total. The van der Waals surface area contributed by atoms with Crippen molar-refractivity contribution in [3.8, 4) is 0 Å². The highest BCUT2D eigenvalue weighted by atomic mass is 16.5. The van der Waals surface area contributed by atoms with Crippen LogP contribution in [0.2, 0.25) is 0 Å². The van der Waals surface area contributed by atoms with Crippen LogP contribution in [0.25, 0.3) is 0 Å². The molecule has 6 heteroatoms. The molecule has 1 aliphatic carbocycles. The minimum atomic E-state index is -0.615. The Balaban J connectivity index is 1.68. The van der Waals surface area contributed by atoms with Gasteiger partial charge in [0.25, 0.3) is 5.91 Å². The summed E-state index contributed by atoms with van der Waals surface area (Å²) in [6, 6.07) is 3.66. The number of morpholine rings is 1. The molecule has 2 saturated heterocycles. The molecular weight excluding hydrogens is 294 g/mol. The molecule has 3 aliphatic rings. The SMILES string of the molecule is O=C(C1OCC(=O)N(C2CC2)C1c1cccnc1)N1CCCC1. The Bertz CT molecular complexity index is 596. The molecule has 2 aliphatic heterocycles. The van der Waals surface area contributed by atoms with Gasteiger partial charge in [0.15, 0.2) is 6.10 Å². The van der Waals surface area contributed by atoms with E-state index in [9.17, 15) is 9.59 Å². The molecule has 4 rings (SSSR count). The Kier molecular flexibility index (Phi) is 3.77. The van der Waals surface area contributed by atoms with E-state index in [1.807, 2.05) is 21.9 Å². The molecule has 6 nitrogen and oxygen atoms in total. The lowest BCUT2D eigenvalue weighted by Crippen LogP contribution is -2.55. The number of hydrogen-bond acceptors (Lipinski definition) is 4. The zero-order valence-electron chi connectivity index (χ0n) is 13.1. The molecule has 3 heterocycles. The van der Waals surface area contributed by atoms with Crippen molar-refractivity contribution in [3.63, 3.8) is 0 Å². The first-order chi connectivity index (χ1) is 11.3. The van der Waals surface area contributed by atoms with Crippen LogP contribution in [0.15, 0.2) is 24.5 Å². The second kappa shape index (κ2) is 5.92. The third-order valence-electron chi connectivity index (χ3n) is 4.89. The molecule has 2 amide bonds. The average Bonchev–Trinajstić information content (AvgIpc) is 3.27. The molecule has 0 bridgehead atoms. The molecule has 0 spiro atoms. The zero-order valence-corrected chi connectivity index (χ0v) is 13.1. The van der Waals surface area contributed by atoms with Gasteiger partial charge in [-0.25, -0.2) is 0 Å².